The number of nitrogens with one attached hydrogen (secondary N) is 3. The van der Waals surface area contributed by atoms with E-state index in [4.69, 9.17) is 4.74 Å². The number of hydrogen-bond donors (Lipinski definition) is 3. The van der Waals surface area contributed by atoms with Gasteiger partial charge in [-0.25, -0.2) is 9.78 Å². The second-order valence-corrected chi connectivity index (χ2v) is 6.18. The van der Waals surface area contributed by atoms with E-state index < -0.39 is 5.97 Å². The van der Waals surface area contributed by atoms with E-state index in [1.165, 1.54) is 14.0 Å². The van der Waals surface area contributed by atoms with Gasteiger partial charge in [-0.15, -0.1) is 0 Å². The molecule has 3 N–H and O–H groups in total. The summed E-state index contributed by atoms with van der Waals surface area (Å²) in [6, 6.07) is 7.57. The minimum Gasteiger partial charge on any atom is -0.465 e. The third-order valence-corrected chi connectivity index (χ3v) is 4.30. The maximum absolute atomic E-state index is 12.3. The first-order valence-corrected chi connectivity index (χ1v) is 8.41. The number of nitrogens with zero attached hydrogens (tertiary/aromatic N) is 1. The average Bonchev–Trinajstić information content (AvgIpc) is 3.20. The Bertz CT molecular complexity index is 999. The average molecular weight is 368 g/mol. The summed E-state index contributed by atoms with van der Waals surface area (Å²) in [5.74, 6) is -0.482. The molecule has 0 fully saturated rings. The smallest absolute Gasteiger partial charge is 0.339 e. The number of carbonyl (C=O) groups is 3. The van der Waals surface area contributed by atoms with Crippen molar-refractivity contribution >= 4 is 28.7 Å². The van der Waals surface area contributed by atoms with Crippen LogP contribution in [0.2, 0.25) is 0 Å². The highest BCUT2D eigenvalue weighted by molar-refractivity contribution is 6.01. The van der Waals surface area contributed by atoms with Crippen LogP contribution in [0, 0.1) is 6.92 Å². The van der Waals surface area contributed by atoms with Crippen LogP contribution in [0.25, 0.3) is 11.0 Å². The van der Waals surface area contributed by atoms with Gasteiger partial charge in [0.05, 0.1) is 42.4 Å². The molecule has 8 heteroatoms. The van der Waals surface area contributed by atoms with E-state index in [0.717, 1.165) is 11.0 Å². The van der Waals surface area contributed by atoms with Gasteiger partial charge in [0.2, 0.25) is 5.91 Å². The Morgan fingerprint density at radius 3 is 2.59 bits per heavy atom. The zero-order valence-corrected chi connectivity index (χ0v) is 15.3. The van der Waals surface area contributed by atoms with Crippen molar-refractivity contribution in [2.75, 3.05) is 7.11 Å². The van der Waals surface area contributed by atoms with Crippen LogP contribution in [0.4, 0.5) is 0 Å². The fraction of sp³-hybridized carbons (Fsp3) is 0.263. The van der Waals surface area contributed by atoms with Crippen LogP contribution in [0.5, 0.6) is 0 Å². The second-order valence-electron chi connectivity index (χ2n) is 6.18. The number of fused-ring (bicyclic) bond motifs is 1. The molecule has 1 amide bonds. The summed E-state index contributed by atoms with van der Waals surface area (Å²) in [7, 11) is 1.26. The molecule has 27 heavy (non-hydrogen) atoms. The highest BCUT2D eigenvalue weighted by Crippen LogP contribution is 2.20. The number of H-pyrrole nitrogens is 2. The molecule has 1 aromatic carbocycles. The molecule has 0 aliphatic carbocycles. The molecule has 140 valence electrons. The van der Waals surface area contributed by atoms with E-state index >= 15 is 0 Å². The first-order chi connectivity index (χ1) is 12.9. The number of aromatic amines is 2. The quantitative estimate of drug-likeness (QED) is 0.455. The molecule has 0 unspecified atom stereocenters. The zero-order valence-electron chi connectivity index (χ0n) is 15.3. The van der Waals surface area contributed by atoms with Crippen molar-refractivity contribution < 1.29 is 19.1 Å². The Balaban J connectivity index is 1.74. The van der Waals surface area contributed by atoms with Crippen LogP contribution in [0.15, 0.2) is 24.3 Å². The van der Waals surface area contributed by atoms with Crippen LogP contribution < -0.4 is 5.32 Å². The molecule has 0 spiro atoms. The molecule has 0 atom stereocenters. The van der Waals surface area contributed by atoms with E-state index in [9.17, 15) is 14.4 Å². The largest absolute Gasteiger partial charge is 0.465 e. The number of ether oxygens (including phenoxy) is 1. The summed E-state index contributed by atoms with van der Waals surface area (Å²) in [6.45, 7) is 3.26. The van der Waals surface area contributed by atoms with Crippen molar-refractivity contribution in [3.05, 3.63) is 52.6 Å². The normalized spacial score (nSPS) is 10.8. The van der Waals surface area contributed by atoms with Crippen LogP contribution in [-0.4, -0.2) is 39.7 Å². The fourth-order valence-electron chi connectivity index (χ4n) is 3.02. The highest BCUT2D eigenvalue weighted by Gasteiger charge is 2.24. The molecule has 8 nitrogen and oxygen atoms in total. The molecule has 0 saturated heterocycles. The number of Topliss-reactive ketones (excluding diaryl/α,β-unsaturated/α-hetero) is 1. The fourth-order valence-corrected chi connectivity index (χ4v) is 3.02. The van der Waals surface area contributed by atoms with Gasteiger partial charge in [-0.05, 0) is 24.6 Å². The minimum absolute atomic E-state index is 0.0845. The molecule has 3 aromatic rings. The number of rotatable bonds is 6. The van der Waals surface area contributed by atoms with Gasteiger partial charge in [0.1, 0.15) is 5.82 Å². The predicted octanol–water partition coefficient (Wildman–Crippen LogP) is 2.05. The van der Waals surface area contributed by atoms with Crippen molar-refractivity contribution in [3.63, 3.8) is 0 Å². The Morgan fingerprint density at radius 2 is 1.93 bits per heavy atom. The van der Waals surface area contributed by atoms with Gasteiger partial charge in [0.15, 0.2) is 5.78 Å². The molecule has 0 aliphatic heterocycles. The maximum Gasteiger partial charge on any atom is 0.339 e. The van der Waals surface area contributed by atoms with Gasteiger partial charge in [0, 0.05) is 12.6 Å². The highest BCUT2D eigenvalue weighted by atomic mass is 16.5. The second kappa shape index (κ2) is 7.45. The third kappa shape index (κ3) is 3.74. The molecule has 0 radical (unpaired) electrons. The lowest BCUT2D eigenvalue weighted by molar-refractivity contribution is -0.120. The van der Waals surface area contributed by atoms with Crippen LogP contribution in [0.1, 0.15) is 44.9 Å². The van der Waals surface area contributed by atoms with Gasteiger partial charge in [-0.3, -0.25) is 9.59 Å². The molecule has 0 aliphatic rings. The van der Waals surface area contributed by atoms with E-state index in [1.54, 1.807) is 6.92 Å². The van der Waals surface area contributed by atoms with E-state index in [2.05, 4.69) is 20.3 Å². The summed E-state index contributed by atoms with van der Waals surface area (Å²) < 4.78 is 4.78. The molecular formula is C19H20N4O4. The van der Waals surface area contributed by atoms with Gasteiger partial charge < -0.3 is 20.0 Å². The molecule has 0 saturated carbocycles. The van der Waals surface area contributed by atoms with Gasteiger partial charge in [-0.2, -0.15) is 0 Å². The van der Waals surface area contributed by atoms with Crippen molar-refractivity contribution in [1.29, 1.82) is 0 Å². The number of amides is 1. The zero-order chi connectivity index (χ0) is 19.6. The number of para-hydroxylation sites is 2. The van der Waals surface area contributed by atoms with E-state index in [0.29, 0.717) is 22.8 Å². The molecule has 3 rings (SSSR count). The monoisotopic (exact) mass is 368 g/mol. The third-order valence-electron chi connectivity index (χ3n) is 4.30. The van der Waals surface area contributed by atoms with Crippen molar-refractivity contribution in [3.8, 4) is 0 Å². The lowest BCUT2D eigenvalue weighted by atomic mass is 10.1. The molecule has 2 aromatic heterocycles. The van der Waals surface area contributed by atoms with Gasteiger partial charge in [-0.1, -0.05) is 12.1 Å². The standard InChI is InChI=1S/C19H20N4O4/c1-10-17(19(26)27-3)14(23-18(10)11(2)24)8-16(25)20-9-15-21-12-6-4-5-7-13(12)22-15/h4-7,23H,8-9H2,1-3H3,(H,20,25)(H,21,22). The lowest BCUT2D eigenvalue weighted by Crippen LogP contribution is -2.26. The Kier molecular flexibility index (Phi) is 5.07. The lowest BCUT2D eigenvalue weighted by Gasteiger charge is -2.05. The maximum atomic E-state index is 12.3. The van der Waals surface area contributed by atoms with E-state index in [1.807, 2.05) is 24.3 Å². The topological polar surface area (TPSA) is 117 Å². The van der Waals surface area contributed by atoms with Crippen molar-refractivity contribution in [2.45, 2.75) is 26.8 Å². The predicted molar refractivity (Wildman–Crippen MR) is 98.5 cm³/mol. The molecular weight excluding hydrogens is 348 g/mol. The number of aromatic nitrogens is 3. The number of imidazole rings is 1. The SMILES string of the molecule is COC(=O)c1c(CC(=O)NCc2nc3ccccc3[nH]2)[nH]c(C(C)=O)c1C. The molecule has 2 heterocycles. The number of carbonyl (C=O) groups excluding carboxylic acids is 3. The number of ketones is 1. The Labute approximate surface area is 155 Å². The van der Waals surface area contributed by atoms with E-state index in [-0.39, 0.29) is 30.2 Å². The number of hydrogen-bond acceptors (Lipinski definition) is 5. The van der Waals surface area contributed by atoms with Gasteiger partial charge in [0.25, 0.3) is 0 Å². The summed E-state index contributed by atoms with van der Waals surface area (Å²) in [4.78, 5) is 46.5. The van der Waals surface area contributed by atoms with Crippen LogP contribution in [-0.2, 0) is 22.5 Å². The minimum atomic E-state index is -0.587. The number of benzene rings is 1. The number of methoxy groups -OCH3 is 1. The van der Waals surface area contributed by atoms with Crippen LogP contribution in [0.3, 0.4) is 0 Å². The summed E-state index contributed by atoms with van der Waals surface area (Å²) in [6.07, 6.45) is -0.0845. The van der Waals surface area contributed by atoms with Crippen molar-refractivity contribution in [2.24, 2.45) is 0 Å². The summed E-state index contributed by atoms with van der Waals surface area (Å²) >= 11 is 0. The number of esters is 1. The summed E-state index contributed by atoms with van der Waals surface area (Å²) in [5.41, 5.74) is 3.07. The first kappa shape index (κ1) is 18.4. The molecule has 0 bridgehead atoms. The Morgan fingerprint density at radius 1 is 1.19 bits per heavy atom. The Hall–Kier alpha value is -3.42. The van der Waals surface area contributed by atoms with Crippen LogP contribution >= 0.6 is 0 Å². The van der Waals surface area contributed by atoms with Gasteiger partial charge >= 0.3 is 5.97 Å². The first-order valence-electron chi connectivity index (χ1n) is 8.41. The van der Waals surface area contributed by atoms with Crippen molar-refractivity contribution in [1.82, 2.24) is 20.3 Å². The summed E-state index contributed by atoms with van der Waals surface area (Å²) in [5, 5.41) is 2.76.